The van der Waals surface area contributed by atoms with Crippen LogP contribution in [0, 0.1) is 5.41 Å². The number of hydrogen-bond acceptors (Lipinski definition) is 3. The molecule has 156 valence electrons. The van der Waals surface area contributed by atoms with Crippen LogP contribution in [0.4, 0.5) is 0 Å². The minimum absolute atomic E-state index is 0.00503. The molecule has 6 heteroatoms. The molecule has 1 heterocycles. The van der Waals surface area contributed by atoms with Gasteiger partial charge in [-0.15, -0.1) is 0 Å². The second-order valence-electron chi connectivity index (χ2n) is 8.40. The van der Waals surface area contributed by atoms with E-state index < -0.39 is 0 Å². The van der Waals surface area contributed by atoms with Gasteiger partial charge in [0.1, 0.15) is 0 Å². The second kappa shape index (κ2) is 9.95. The Kier molecular flexibility index (Phi) is 7.61. The van der Waals surface area contributed by atoms with Crippen molar-refractivity contribution in [3.05, 3.63) is 34.9 Å². The van der Waals surface area contributed by atoms with Crippen molar-refractivity contribution < 1.29 is 9.84 Å². The summed E-state index contributed by atoms with van der Waals surface area (Å²) in [5, 5.41) is 17.3. The number of aliphatic hydroxyl groups is 1. The normalized spacial score (nSPS) is 24.9. The van der Waals surface area contributed by atoms with Crippen molar-refractivity contribution in [2.24, 2.45) is 10.4 Å². The monoisotopic (exact) mass is 407 g/mol. The first-order valence-corrected chi connectivity index (χ1v) is 10.9. The number of nitrogens with zero attached hydrogens (tertiary/aromatic N) is 1. The summed E-state index contributed by atoms with van der Waals surface area (Å²) >= 11 is 6.12. The fourth-order valence-electron chi connectivity index (χ4n) is 4.66. The Morgan fingerprint density at radius 1 is 1.11 bits per heavy atom. The van der Waals surface area contributed by atoms with Crippen molar-refractivity contribution in [2.45, 2.75) is 50.4 Å². The maximum absolute atomic E-state index is 9.43. The van der Waals surface area contributed by atoms with Gasteiger partial charge in [-0.1, -0.05) is 43.0 Å². The molecular weight excluding hydrogens is 374 g/mol. The Balaban J connectivity index is 1.63. The third-order valence-corrected chi connectivity index (χ3v) is 6.80. The van der Waals surface area contributed by atoms with Crippen LogP contribution < -0.4 is 10.6 Å². The number of halogens is 1. The Hall–Kier alpha value is -1.30. The molecule has 28 heavy (non-hydrogen) atoms. The van der Waals surface area contributed by atoms with Gasteiger partial charge in [-0.3, -0.25) is 4.99 Å². The lowest BCUT2D eigenvalue weighted by atomic mass is 9.69. The number of aliphatic imine (C=N–C) groups is 1. The smallest absolute Gasteiger partial charge is 0.191 e. The largest absolute Gasteiger partial charge is 0.396 e. The van der Waals surface area contributed by atoms with E-state index in [-0.39, 0.29) is 17.4 Å². The molecule has 1 aliphatic heterocycles. The predicted octanol–water partition coefficient (Wildman–Crippen LogP) is 3.50. The first-order chi connectivity index (χ1) is 13.6. The Morgan fingerprint density at radius 2 is 1.82 bits per heavy atom. The molecule has 0 spiro atoms. The summed E-state index contributed by atoms with van der Waals surface area (Å²) in [5.74, 6) is 0.822. The average molecular weight is 408 g/mol. The van der Waals surface area contributed by atoms with Gasteiger partial charge in [0.05, 0.1) is 6.61 Å². The van der Waals surface area contributed by atoms with Gasteiger partial charge in [0, 0.05) is 49.2 Å². The van der Waals surface area contributed by atoms with Gasteiger partial charge in [0.2, 0.25) is 0 Å². The molecule has 1 unspecified atom stereocenters. The Morgan fingerprint density at radius 3 is 2.43 bits per heavy atom. The molecule has 3 rings (SSSR count). The molecule has 1 saturated carbocycles. The van der Waals surface area contributed by atoms with Crippen molar-refractivity contribution in [3.8, 4) is 0 Å². The molecule has 1 aliphatic carbocycles. The van der Waals surface area contributed by atoms with Gasteiger partial charge >= 0.3 is 0 Å². The summed E-state index contributed by atoms with van der Waals surface area (Å²) in [4.78, 5) is 4.43. The Labute approximate surface area is 173 Å². The van der Waals surface area contributed by atoms with Crippen LogP contribution in [0.25, 0.3) is 0 Å². The average Bonchev–Trinajstić information content (AvgIpc) is 3.18. The van der Waals surface area contributed by atoms with E-state index >= 15 is 0 Å². The van der Waals surface area contributed by atoms with Crippen LogP contribution in [0.1, 0.15) is 50.5 Å². The second-order valence-corrected chi connectivity index (χ2v) is 8.84. The van der Waals surface area contributed by atoms with Crippen LogP contribution >= 0.6 is 11.6 Å². The SMILES string of the molecule is CN=C(NCC1(CCO)CCOC1)NCC1(c2ccc(Cl)cc2)CCCCC1. The zero-order chi connectivity index (χ0) is 19.9. The zero-order valence-electron chi connectivity index (χ0n) is 17.0. The van der Waals surface area contributed by atoms with Gasteiger partial charge in [-0.05, 0) is 43.4 Å². The summed E-state index contributed by atoms with van der Waals surface area (Å²) in [6.45, 7) is 3.29. The van der Waals surface area contributed by atoms with Crippen molar-refractivity contribution in [2.75, 3.05) is 40.0 Å². The molecule has 5 nitrogen and oxygen atoms in total. The topological polar surface area (TPSA) is 65.9 Å². The first kappa shape index (κ1) is 21.4. The fraction of sp³-hybridized carbons (Fsp3) is 0.682. The van der Waals surface area contributed by atoms with E-state index in [1.165, 1.54) is 37.7 Å². The molecular formula is C22H34ClN3O2. The van der Waals surface area contributed by atoms with Gasteiger partial charge < -0.3 is 20.5 Å². The van der Waals surface area contributed by atoms with Gasteiger partial charge in [0.15, 0.2) is 5.96 Å². The summed E-state index contributed by atoms with van der Waals surface area (Å²) in [6, 6.07) is 8.35. The third kappa shape index (κ3) is 5.19. The minimum atomic E-state index is 0.00503. The maximum Gasteiger partial charge on any atom is 0.191 e. The van der Waals surface area contributed by atoms with Crippen molar-refractivity contribution in [1.82, 2.24) is 10.6 Å². The third-order valence-electron chi connectivity index (χ3n) is 6.54. The number of ether oxygens (including phenoxy) is 1. The zero-order valence-corrected chi connectivity index (χ0v) is 17.7. The van der Waals surface area contributed by atoms with Crippen LogP contribution in [-0.2, 0) is 10.2 Å². The van der Waals surface area contributed by atoms with E-state index in [1.54, 1.807) is 0 Å². The lowest BCUT2D eigenvalue weighted by molar-refractivity contribution is 0.127. The van der Waals surface area contributed by atoms with Gasteiger partial charge in [-0.2, -0.15) is 0 Å². The number of nitrogens with one attached hydrogen (secondary N) is 2. The van der Waals surface area contributed by atoms with Crippen molar-refractivity contribution in [1.29, 1.82) is 0 Å². The van der Waals surface area contributed by atoms with Crippen LogP contribution in [0.5, 0.6) is 0 Å². The van der Waals surface area contributed by atoms with E-state index in [9.17, 15) is 5.11 Å². The molecule has 1 atom stereocenters. The lowest BCUT2D eigenvalue weighted by Gasteiger charge is -2.38. The summed E-state index contributed by atoms with van der Waals surface area (Å²) in [6.07, 6.45) is 7.92. The number of hydrogen-bond donors (Lipinski definition) is 3. The number of benzene rings is 1. The van der Waals surface area contributed by atoms with E-state index in [2.05, 4.69) is 27.8 Å². The lowest BCUT2D eigenvalue weighted by Crippen LogP contribution is -2.49. The molecule has 0 radical (unpaired) electrons. The summed E-state index contributed by atoms with van der Waals surface area (Å²) in [7, 11) is 1.81. The van der Waals surface area contributed by atoms with Crippen LogP contribution in [0.3, 0.4) is 0 Å². The molecule has 2 fully saturated rings. The molecule has 1 aromatic rings. The van der Waals surface area contributed by atoms with E-state index in [1.807, 2.05) is 19.2 Å². The van der Waals surface area contributed by atoms with Gasteiger partial charge in [0.25, 0.3) is 0 Å². The molecule has 3 N–H and O–H groups in total. The highest BCUT2D eigenvalue weighted by Gasteiger charge is 2.36. The fourth-order valence-corrected chi connectivity index (χ4v) is 4.78. The van der Waals surface area contributed by atoms with E-state index in [0.717, 1.165) is 43.5 Å². The summed E-state index contributed by atoms with van der Waals surface area (Å²) in [5.41, 5.74) is 1.49. The highest BCUT2D eigenvalue weighted by atomic mass is 35.5. The maximum atomic E-state index is 9.43. The van der Waals surface area contributed by atoms with Crippen molar-refractivity contribution >= 4 is 17.6 Å². The number of rotatable bonds is 7. The molecule has 2 aliphatic rings. The number of aliphatic hydroxyl groups excluding tert-OH is 1. The highest BCUT2D eigenvalue weighted by Crippen LogP contribution is 2.39. The molecule has 0 bridgehead atoms. The summed E-state index contributed by atoms with van der Waals surface area (Å²) < 4.78 is 5.60. The van der Waals surface area contributed by atoms with Gasteiger partial charge in [-0.25, -0.2) is 0 Å². The first-order valence-electron chi connectivity index (χ1n) is 10.5. The predicted molar refractivity (Wildman–Crippen MR) is 115 cm³/mol. The van der Waals surface area contributed by atoms with Crippen molar-refractivity contribution in [3.63, 3.8) is 0 Å². The number of guanidine groups is 1. The van der Waals surface area contributed by atoms with Crippen LogP contribution in [0.15, 0.2) is 29.3 Å². The van der Waals surface area contributed by atoms with E-state index in [0.29, 0.717) is 6.61 Å². The quantitative estimate of drug-likeness (QED) is 0.478. The van der Waals surface area contributed by atoms with Crippen LogP contribution in [-0.4, -0.2) is 51.0 Å². The molecule has 1 saturated heterocycles. The Bertz CT molecular complexity index is 636. The molecule has 0 aromatic heterocycles. The van der Waals surface area contributed by atoms with Crippen LogP contribution in [0.2, 0.25) is 5.02 Å². The molecule has 0 amide bonds. The standard InChI is InChI=1S/C22H34ClN3O2/c1-24-20(25-15-21(11-13-27)12-14-28-17-21)26-16-22(9-3-2-4-10-22)18-5-7-19(23)8-6-18/h5-8,27H,2-4,9-17H2,1H3,(H2,24,25,26). The molecule has 1 aromatic carbocycles. The van der Waals surface area contributed by atoms with E-state index in [4.69, 9.17) is 16.3 Å². The highest BCUT2D eigenvalue weighted by molar-refractivity contribution is 6.30. The minimum Gasteiger partial charge on any atom is -0.396 e.